The molecule has 4 heteroatoms. The number of rotatable bonds is 3. The number of hydrogen-bond acceptors (Lipinski definition) is 4. The molecule has 0 amide bonds. The van der Waals surface area contributed by atoms with Gasteiger partial charge in [-0.3, -0.25) is 9.59 Å². The van der Waals surface area contributed by atoms with Crippen molar-refractivity contribution in [1.29, 1.82) is 0 Å². The quantitative estimate of drug-likeness (QED) is 0.586. The number of Topliss-reactive ketones (excluding diaryl/α,β-unsaturated/α-hetero) is 1. The summed E-state index contributed by atoms with van der Waals surface area (Å²) in [4.78, 5) is 24.2. The maximum atomic E-state index is 13.0. The summed E-state index contributed by atoms with van der Waals surface area (Å²) >= 11 is 0. The third kappa shape index (κ3) is 7.45. The molecule has 0 aliphatic heterocycles. The summed E-state index contributed by atoms with van der Waals surface area (Å²) in [7, 11) is 0. The number of ether oxygens (including phenoxy) is 1. The molecule has 1 N–H and O–H groups in total. The molecule has 0 saturated carbocycles. The van der Waals surface area contributed by atoms with Crippen LogP contribution in [0.2, 0.25) is 0 Å². The molecule has 0 aromatic carbocycles. The summed E-state index contributed by atoms with van der Waals surface area (Å²) in [5, 5.41) is 10.6. The Bertz CT molecular complexity index is 556. The van der Waals surface area contributed by atoms with E-state index in [1.807, 2.05) is 32.9 Å². The first kappa shape index (κ1) is 22.6. The van der Waals surface area contributed by atoms with E-state index in [0.717, 1.165) is 18.4 Å². The van der Waals surface area contributed by atoms with Gasteiger partial charge in [0.25, 0.3) is 0 Å². The van der Waals surface area contributed by atoms with Crippen molar-refractivity contribution in [3.8, 4) is 0 Å². The second-order valence-electron chi connectivity index (χ2n) is 8.69. The number of ketones is 1. The molecule has 26 heavy (non-hydrogen) atoms. The second kappa shape index (κ2) is 9.50. The van der Waals surface area contributed by atoms with Gasteiger partial charge < -0.3 is 9.84 Å². The maximum Gasteiger partial charge on any atom is 0.302 e. The second-order valence-corrected chi connectivity index (χ2v) is 8.69. The lowest BCUT2D eigenvalue weighted by molar-refractivity contribution is -0.147. The first-order valence-corrected chi connectivity index (χ1v) is 9.69. The first-order valence-electron chi connectivity index (χ1n) is 9.69. The van der Waals surface area contributed by atoms with Crippen molar-refractivity contribution >= 4 is 11.8 Å². The molecule has 3 atom stereocenters. The smallest absolute Gasteiger partial charge is 0.302 e. The highest BCUT2D eigenvalue weighted by Crippen LogP contribution is 2.33. The third-order valence-corrected chi connectivity index (χ3v) is 5.44. The minimum Gasteiger partial charge on any atom is -0.465 e. The van der Waals surface area contributed by atoms with Crippen LogP contribution in [0.5, 0.6) is 0 Å². The van der Waals surface area contributed by atoms with Crippen LogP contribution in [-0.4, -0.2) is 29.1 Å². The minimum atomic E-state index is -0.844. The molecule has 4 nitrogen and oxygen atoms in total. The van der Waals surface area contributed by atoms with Crippen molar-refractivity contribution in [2.45, 2.75) is 79.2 Å². The van der Waals surface area contributed by atoms with Crippen LogP contribution in [0.3, 0.4) is 0 Å². The Balaban J connectivity index is 3.13. The van der Waals surface area contributed by atoms with Crippen LogP contribution in [0.4, 0.5) is 0 Å². The fourth-order valence-electron chi connectivity index (χ4n) is 3.25. The molecule has 0 heterocycles. The summed E-state index contributed by atoms with van der Waals surface area (Å²) < 4.78 is 5.23. The number of esters is 1. The summed E-state index contributed by atoms with van der Waals surface area (Å²) in [5.74, 6) is 0.427. The van der Waals surface area contributed by atoms with E-state index in [2.05, 4.69) is 19.9 Å². The summed E-state index contributed by atoms with van der Waals surface area (Å²) in [6.45, 7) is 11.5. The molecule has 1 aliphatic carbocycles. The van der Waals surface area contributed by atoms with Crippen molar-refractivity contribution < 1.29 is 19.4 Å². The van der Waals surface area contributed by atoms with E-state index in [4.69, 9.17) is 4.74 Å². The van der Waals surface area contributed by atoms with Crippen LogP contribution < -0.4 is 0 Å². The fraction of sp³-hybridized carbons (Fsp3) is 0.727. The lowest BCUT2D eigenvalue weighted by Gasteiger charge is -2.30. The zero-order valence-corrected chi connectivity index (χ0v) is 17.3. The molecule has 0 saturated heterocycles. The Morgan fingerprint density at radius 1 is 1.35 bits per heavy atom. The van der Waals surface area contributed by atoms with Gasteiger partial charge in [0.2, 0.25) is 0 Å². The predicted octanol–water partition coefficient (Wildman–Crippen LogP) is 4.61. The van der Waals surface area contributed by atoms with Crippen LogP contribution in [-0.2, 0) is 14.3 Å². The molecule has 1 rings (SSSR count). The van der Waals surface area contributed by atoms with Crippen molar-refractivity contribution in [3.05, 3.63) is 23.8 Å². The van der Waals surface area contributed by atoms with Gasteiger partial charge in [-0.25, -0.2) is 0 Å². The van der Waals surface area contributed by atoms with Gasteiger partial charge in [0.1, 0.15) is 12.4 Å². The Morgan fingerprint density at radius 2 is 2.00 bits per heavy atom. The van der Waals surface area contributed by atoms with E-state index >= 15 is 0 Å². The molecule has 1 unspecified atom stereocenters. The maximum absolute atomic E-state index is 13.0. The van der Waals surface area contributed by atoms with Gasteiger partial charge in [-0.15, -0.1) is 0 Å². The molecular weight excluding hydrogens is 328 g/mol. The highest BCUT2D eigenvalue weighted by molar-refractivity contribution is 5.86. The van der Waals surface area contributed by atoms with Crippen LogP contribution in [0.25, 0.3) is 0 Å². The normalized spacial score (nSPS) is 34.8. The summed E-state index contributed by atoms with van der Waals surface area (Å²) in [5.41, 5.74) is -0.523. The zero-order valence-electron chi connectivity index (χ0n) is 17.3. The number of carbonyl (C=O) groups excluding carboxylic acids is 2. The highest BCUT2D eigenvalue weighted by atomic mass is 16.5. The van der Waals surface area contributed by atoms with E-state index in [0.29, 0.717) is 25.2 Å². The number of hydrogen-bond donors (Lipinski definition) is 1. The number of allylic oxidation sites excluding steroid dienone is 3. The average molecular weight is 365 g/mol. The Labute approximate surface area is 158 Å². The SMILES string of the molecule is CC(=O)OC[C@]1(C)CCC(C(C)C)/C=C/[C@](C)(O)CC/C=C(\C)CC1=O. The minimum absolute atomic E-state index is 0.116. The van der Waals surface area contributed by atoms with Crippen molar-refractivity contribution in [2.75, 3.05) is 6.61 Å². The zero-order chi connectivity index (χ0) is 20.0. The van der Waals surface area contributed by atoms with Gasteiger partial charge in [-0.1, -0.05) is 37.6 Å². The Morgan fingerprint density at radius 3 is 2.58 bits per heavy atom. The molecular formula is C22H36O4. The standard InChI is InChI=1S/C22H36O4/c1-16(2)19-9-12-21(5,15-26-18(4)23)20(24)14-17(3)8-7-11-22(6,25)13-10-19/h8,10,13,16,19,25H,7,9,11-12,14-15H2,1-6H3/b13-10+,17-8+/t19?,21-,22+/m0/s1. The Kier molecular flexibility index (Phi) is 8.26. The largest absolute Gasteiger partial charge is 0.465 e. The van der Waals surface area contributed by atoms with E-state index < -0.39 is 11.0 Å². The molecule has 0 spiro atoms. The Hall–Kier alpha value is -1.42. The van der Waals surface area contributed by atoms with Crippen LogP contribution in [0.1, 0.15) is 73.6 Å². The molecule has 0 bridgehead atoms. The van der Waals surface area contributed by atoms with E-state index in [-0.39, 0.29) is 24.3 Å². The molecule has 0 aromatic heterocycles. The van der Waals surface area contributed by atoms with Crippen LogP contribution in [0.15, 0.2) is 23.8 Å². The fourth-order valence-corrected chi connectivity index (χ4v) is 3.25. The van der Waals surface area contributed by atoms with E-state index in [9.17, 15) is 14.7 Å². The summed E-state index contributed by atoms with van der Waals surface area (Å²) in [6, 6.07) is 0. The average Bonchev–Trinajstić information content (AvgIpc) is 2.51. The molecule has 0 radical (unpaired) electrons. The topological polar surface area (TPSA) is 63.6 Å². The number of aliphatic hydroxyl groups is 1. The number of carbonyl (C=O) groups is 2. The molecule has 0 fully saturated rings. The van der Waals surface area contributed by atoms with Crippen LogP contribution >= 0.6 is 0 Å². The lowest BCUT2D eigenvalue weighted by atomic mass is 9.76. The van der Waals surface area contributed by atoms with E-state index in [1.165, 1.54) is 6.92 Å². The van der Waals surface area contributed by atoms with Crippen molar-refractivity contribution in [3.63, 3.8) is 0 Å². The highest BCUT2D eigenvalue weighted by Gasteiger charge is 2.35. The van der Waals surface area contributed by atoms with Gasteiger partial charge in [-0.05, 0) is 58.3 Å². The molecule has 0 aromatic rings. The van der Waals surface area contributed by atoms with E-state index in [1.54, 1.807) is 0 Å². The van der Waals surface area contributed by atoms with Gasteiger partial charge >= 0.3 is 5.97 Å². The first-order chi connectivity index (χ1) is 11.9. The monoisotopic (exact) mass is 364 g/mol. The van der Waals surface area contributed by atoms with Gasteiger partial charge in [0, 0.05) is 13.3 Å². The van der Waals surface area contributed by atoms with Crippen LogP contribution in [0, 0.1) is 17.3 Å². The molecule has 1 aliphatic rings. The van der Waals surface area contributed by atoms with Gasteiger partial charge in [0.15, 0.2) is 0 Å². The summed E-state index contributed by atoms with van der Waals surface area (Å²) in [6.07, 6.45) is 9.22. The van der Waals surface area contributed by atoms with Gasteiger partial charge in [-0.2, -0.15) is 0 Å². The molecule has 148 valence electrons. The third-order valence-electron chi connectivity index (χ3n) is 5.44. The van der Waals surface area contributed by atoms with Gasteiger partial charge in [0.05, 0.1) is 11.0 Å². The lowest BCUT2D eigenvalue weighted by Crippen LogP contribution is -2.34. The van der Waals surface area contributed by atoms with Crippen molar-refractivity contribution in [1.82, 2.24) is 0 Å². The predicted molar refractivity (Wildman–Crippen MR) is 105 cm³/mol. The van der Waals surface area contributed by atoms with Crippen molar-refractivity contribution in [2.24, 2.45) is 17.3 Å².